The Bertz CT molecular complexity index is 958. The van der Waals surface area contributed by atoms with Crippen LogP contribution in [0.4, 0.5) is 5.69 Å². The number of carbonyl (C=O) groups excluding carboxylic acids is 2. The fourth-order valence-corrected chi connectivity index (χ4v) is 4.12. The van der Waals surface area contributed by atoms with Crippen molar-refractivity contribution in [3.05, 3.63) is 53.6 Å². The van der Waals surface area contributed by atoms with Gasteiger partial charge in [0.25, 0.3) is 5.91 Å². The number of anilines is 1. The van der Waals surface area contributed by atoms with E-state index in [1.807, 2.05) is 30.3 Å². The summed E-state index contributed by atoms with van der Waals surface area (Å²) in [5, 5.41) is 5.92. The summed E-state index contributed by atoms with van der Waals surface area (Å²) in [4.78, 5) is 27.5. The zero-order valence-corrected chi connectivity index (χ0v) is 18.0. The third kappa shape index (κ3) is 4.99. The molecule has 0 unspecified atom stereocenters. The number of hydrogen-bond donors (Lipinski definition) is 2. The molecular formula is C24H29N3O4. The molecule has 1 saturated carbocycles. The molecule has 2 N–H and O–H groups in total. The normalized spacial score (nSPS) is 18.5. The van der Waals surface area contributed by atoms with Gasteiger partial charge in [-0.1, -0.05) is 18.2 Å². The number of carbonyl (C=O) groups is 2. The Morgan fingerprint density at radius 2 is 1.87 bits per heavy atom. The number of methoxy groups -OCH3 is 2. The Hall–Kier alpha value is -3.06. The van der Waals surface area contributed by atoms with Crippen molar-refractivity contribution in [3.8, 4) is 11.5 Å². The molecule has 1 aliphatic heterocycles. The van der Waals surface area contributed by atoms with Gasteiger partial charge in [0.1, 0.15) is 11.5 Å². The first kappa shape index (κ1) is 21.2. The van der Waals surface area contributed by atoms with E-state index in [4.69, 9.17) is 9.47 Å². The average Bonchev–Trinajstić information content (AvgIpc) is 3.48. The molecule has 0 spiro atoms. The van der Waals surface area contributed by atoms with Crippen LogP contribution in [0.2, 0.25) is 0 Å². The van der Waals surface area contributed by atoms with Crippen molar-refractivity contribution in [2.75, 3.05) is 32.6 Å². The molecule has 2 amide bonds. The predicted octanol–water partition coefficient (Wildman–Crippen LogP) is 3.37. The molecule has 0 bridgehead atoms. The minimum Gasteiger partial charge on any atom is -0.497 e. The number of hydrogen-bond acceptors (Lipinski definition) is 5. The lowest BCUT2D eigenvalue weighted by molar-refractivity contribution is -0.117. The molecule has 4 rings (SSSR count). The van der Waals surface area contributed by atoms with Gasteiger partial charge in [0.2, 0.25) is 5.91 Å². The number of amides is 2. The van der Waals surface area contributed by atoms with Crippen molar-refractivity contribution in [2.45, 2.75) is 37.8 Å². The number of likely N-dealkylation sites (tertiary alicyclic amines) is 1. The Morgan fingerprint density at radius 1 is 1.06 bits per heavy atom. The van der Waals surface area contributed by atoms with Crippen LogP contribution in [0.15, 0.2) is 42.5 Å². The fourth-order valence-electron chi connectivity index (χ4n) is 4.12. The molecule has 0 aromatic heterocycles. The van der Waals surface area contributed by atoms with Crippen molar-refractivity contribution < 1.29 is 19.1 Å². The highest BCUT2D eigenvalue weighted by Gasteiger charge is 2.30. The number of nitrogens with one attached hydrogen (secondary N) is 2. The van der Waals surface area contributed by atoms with Crippen molar-refractivity contribution in [3.63, 3.8) is 0 Å². The zero-order chi connectivity index (χ0) is 21.8. The molecule has 1 aliphatic carbocycles. The lowest BCUT2D eigenvalue weighted by Crippen LogP contribution is -2.34. The molecule has 2 aromatic carbocycles. The van der Waals surface area contributed by atoms with Gasteiger partial charge in [0.15, 0.2) is 0 Å². The smallest absolute Gasteiger partial charge is 0.253 e. The second-order valence-electron chi connectivity index (χ2n) is 8.08. The Kier molecular flexibility index (Phi) is 6.42. The molecule has 1 atom stereocenters. The summed E-state index contributed by atoms with van der Waals surface area (Å²) in [6.45, 7) is 1.08. The maximum absolute atomic E-state index is 12.9. The molecule has 2 fully saturated rings. The largest absolute Gasteiger partial charge is 0.497 e. The van der Waals surface area contributed by atoms with Gasteiger partial charge in [-0.25, -0.2) is 0 Å². The van der Waals surface area contributed by atoms with Crippen LogP contribution < -0.4 is 20.1 Å². The van der Waals surface area contributed by atoms with E-state index < -0.39 is 0 Å². The van der Waals surface area contributed by atoms with Gasteiger partial charge in [-0.15, -0.1) is 0 Å². The predicted molar refractivity (Wildman–Crippen MR) is 119 cm³/mol. The van der Waals surface area contributed by atoms with E-state index in [-0.39, 0.29) is 30.4 Å². The molecule has 31 heavy (non-hydrogen) atoms. The van der Waals surface area contributed by atoms with Crippen LogP contribution in [0, 0.1) is 0 Å². The van der Waals surface area contributed by atoms with Gasteiger partial charge < -0.3 is 20.1 Å². The number of rotatable bonds is 8. The van der Waals surface area contributed by atoms with E-state index in [1.165, 1.54) is 0 Å². The highest BCUT2D eigenvalue weighted by atomic mass is 16.5. The summed E-state index contributed by atoms with van der Waals surface area (Å²) in [5.41, 5.74) is 2.10. The monoisotopic (exact) mass is 423 g/mol. The van der Waals surface area contributed by atoms with Crippen LogP contribution in [-0.2, 0) is 4.79 Å². The Balaban J connectivity index is 1.45. The molecular weight excluding hydrogens is 394 g/mol. The van der Waals surface area contributed by atoms with Crippen LogP contribution in [0.1, 0.15) is 47.6 Å². The molecule has 1 saturated heterocycles. The molecule has 2 aliphatic rings. The summed E-state index contributed by atoms with van der Waals surface area (Å²) in [7, 11) is 3.28. The first-order valence-corrected chi connectivity index (χ1v) is 10.7. The number of para-hydroxylation sites is 1. The molecule has 164 valence electrons. The first-order valence-electron chi connectivity index (χ1n) is 10.7. The van der Waals surface area contributed by atoms with Gasteiger partial charge in [-0.05, 0) is 50.4 Å². The molecule has 2 aromatic rings. The molecule has 0 radical (unpaired) electrons. The summed E-state index contributed by atoms with van der Waals surface area (Å²) in [6.07, 6.45) is 4.00. The molecule has 7 nitrogen and oxygen atoms in total. The summed E-state index contributed by atoms with van der Waals surface area (Å²) in [5.74, 6) is 1.23. The van der Waals surface area contributed by atoms with Crippen LogP contribution >= 0.6 is 0 Å². The van der Waals surface area contributed by atoms with Crippen molar-refractivity contribution in [2.24, 2.45) is 0 Å². The number of nitrogens with zero attached hydrogens (tertiary/aromatic N) is 1. The minimum atomic E-state index is -0.139. The van der Waals surface area contributed by atoms with E-state index >= 15 is 0 Å². The van der Waals surface area contributed by atoms with Crippen molar-refractivity contribution in [1.29, 1.82) is 0 Å². The van der Waals surface area contributed by atoms with Crippen LogP contribution in [-0.4, -0.2) is 50.1 Å². The van der Waals surface area contributed by atoms with Crippen molar-refractivity contribution in [1.82, 2.24) is 10.2 Å². The van der Waals surface area contributed by atoms with E-state index in [0.717, 1.165) is 49.3 Å². The number of ether oxygens (including phenoxy) is 2. The third-order valence-corrected chi connectivity index (χ3v) is 5.87. The van der Waals surface area contributed by atoms with Gasteiger partial charge in [-0.3, -0.25) is 14.5 Å². The van der Waals surface area contributed by atoms with Crippen molar-refractivity contribution >= 4 is 17.5 Å². The summed E-state index contributed by atoms with van der Waals surface area (Å²) in [6, 6.07) is 13.3. The Morgan fingerprint density at radius 3 is 2.61 bits per heavy atom. The van der Waals surface area contributed by atoms with Gasteiger partial charge in [0, 0.05) is 23.7 Å². The van der Waals surface area contributed by atoms with Crippen LogP contribution in [0.3, 0.4) is 0 Å². The highest BCUT2D eigenvalue weighted by molar-refractivity contribution is 6.04. The van der Waals surface area contributed by atoms with Gasteiger partial charge in [0.05, 0.1) is 32.0 Å². The quantitative estimate of drug-likeness (QED) is 0.681. The first-order chi connectivity index (χ1) is 15.1. The maximum Gasteiger partial charge on any atom is 0.253 e. The zero-order valence-electron chi connectivity index (χ0n) is 18.0. The third-order valence-electron chi connectivity index (χ3n) is 5.87. The second kappa shape index (κ2) is 9.39. The lowest BCUT2D eigenvalue weighted by Gasteiger charge is -2.26. The van der Waals surface area contributed by atoms with E-state index in [2.05, 4.69) is 15.5 Å². The second-order valence-corrected chi connectivity index (χ2v) is 8.08. The fraction of sp³-hybridized carbons (Fsp3) is 0.417. The van der Waals surface area contributed by atoms with E-state index in [1.54, 1.807) is 26.4 Å². The van der Waals surface area contributed by atoms with Gasteiger partial charge in [-0.2, -0.15) is 0 Å². The SMILES string of the molecule is COc1ccc([C@H]2CCCN2CC(=O)Nc2ccccc2C(=O)NC2CC2)c(OC)c1. The summed E-state index contributed by atoms with van der Waals surface area (Å²) < 4.78 is 10.9. The Labute approximate surface area is 182 Å². The lowest BCUT2D eigenvalue weighted by atomic mass is 10.0. The maximum atomic E-state index is 12.9. The van der Waals surface area contributed by atoms with Crippen LogP contribution in [0.5, 0.6) is 11.5 Å². The number of benzene rings is 2. The standard InChI is InChI=1S/C24H29N3O4/c1-30-17-11-12-19(22(14-17)31-2)21-8-5-13-27(21)15-23(28)26-20-7-4-3-6-18(20)24(29)25-16-9-10-16/h3-4,6-7,11-12,14,16,21H,5,8-10,13,15H2,1-2H3,(H,25,29)(H,26,28)/t21-/m1/s1. The summed E-state index contributed by atoms with van der Waals surface area (Å²) >= 11 is 0. The average molecular weight is 424 g/mol. The topological polar surface area (TPSA) is 79.9 Å². The van der Waals surface area contributed by atoms with E-state index in [0.29, 0.717) is 11.3 Å². The van der Waals surface area contributed by atoms with E-state index in [9.17, 15) is 9.59 Å². The molecule has 7 heteroatoms. The minimum absolute atomic E-state index is 0.0972. The molecule has 1 heterocycles. The van der Waals surface area contributed by atoms with Crippen LogP contribution in [0.25, 0.3) is 0 Å². The highest BCUT2D eigenvalue weighted by Crippen LogP contribution is 2.38. The van der Waals surface area contributed by atoms with Gasteiger partial charge >= 0.3 is 0 Å².